The van der Waals surface area contributed by atoms with Crippen LogP contribution in [0.1, 0.15) is 29.3 Å². The molecule has 1 atom stereocenters. The van der Waals surface area contributed by atoms with E-state index in [9.17, 15) is 0 Å². The van der Waals surface area contributed by atoms with E-state index in [4.69, 9.17) is 16.3 Å². The van der Waals surface area contributed by atoms with Gasteiger partial charge in [-0.2, -0.15) is 0 Å². The highest BCUT2D eigenvalue weighted by atomic mass is 79.9. The predicted octanol–water partition coefficient (Wildman–Crippen LogP) is 5.61. The van der Waals surface area contributed by atoms with E-state index in [0.29, 0.717) is 0 Å². The van der Waals surface area contributed by atoms with Crippen molar-refractivity contribution in [3.05, 3.63) is 64.7 Å². The van der Waals surface area contributed by atoms with Crippen LogP contribution in [0.3, 0.4) is 0 Å². The van der Waals surface area contributed by atoms with E-state index < -0.39 is 0 Å². The fourth-order valence-electron chi connectivity index (χ4n) is 1.81. The number of rotatable bonds is 5. The van der Waals surface area contributed by atoms with Crippen molar-refractivity contribution in [3.8, 4) is 5.75 Å². The molecule has 0 saturated heterocycles. The lowest BCUT2D eigenvalue weighted by molar-refractivity contribution is 0.317. The summed E-state index contributed by atoms with van der Waals surface area (Å²) < 4.78 is 5.66. The van der Waals surface area contributed by atoms with Crippen LogP contribution in [0, 0.1) is 0 Å². The molecule has 0 radical (unpaired) electrons. The van der Waals surface area contributed by atoms with E-state index in [2.05, 4.69) is 35.0 Å². The molecule has 2 rings (SSSR count). The van der Waals surface area contributed by atoms with Crippen molar-refractivity contribution in [2.75, 3.05) is 6.61 Å². The Hall–Kier alpha value is -0.990. The van der Waals surface area contributed by atoms with Crippen LogP contribution in [0.5, 0.6) is 5.75 Å². The van der Waals surface area contributed by atoms with Gasteiger partial charge in [-0.15, -0.1) is 0 Å². The molecule has 1 unspecified atom stereocenters. The van der Waals surface area contributed by atoms with Crippen molar-refractivity contribution in [1.29, 1.82) is 0 Å². The number of benzene rings is 2. The van der Waals surface area contributed by atoms with Gasteiger partial charge in [0.1, 0.15) is 5.75 Å². The van der Waals surface area contributed by atoms with Gasteiger partial charge < -0.3 is 4.74 Å². The van der Waals surface area contributed by atoms with E-state index in [1.165, 1.54) is 11.1 Å². The van der Waals surface area contributed by atoms with Crippen LogP contribution in [-0.2, 0) is 0 Å². The lowest BCUT2D eigenvalue weighted by atomic mass is 10.0. The van der Waals surface area contributed by atoms with Gasteiger partial charge in [-0.05, 0) is 41.8 Å². The summed E-state index contributed by atoms with van der Waals surface area (Å²) >= 11 is 9.63. The molecule has 0 amide bonds. The summed E-state index contributed by atoms with van der Waals surface area (Å²) in [6.07, 6.45) is 1.01. The van der Waals surface area contributed by atoms with Crippen LogP contribution in [0.2, 0.25) is 5.02 Å². The smallest absolute Gasteiger partial charge is 0.119 e. The summed E-state index contributed by atoms with van der Waals surface area (Å²) in [5.41, 5.74) is 2.35. The predicted molar refractivity (Wildman–Crippen MR) is 84.5 cm³/mol. The number of ether oxygens (including phenoxy) is 1. The fraction of sp³-hybridized carbons (Fsp3) is 0.250. The molecule has 2 aromatic carbocycles. The van der Waals surface area contributed by atoms with Crippen LogP contribution in [0.25, 0.3) is 0 Å². The van der Waals surface area contributed by atoms with Gasteiger partial charge in [0.15, 0.2) is 0 Å². The van der Waals surface area contributed by atoms with Gasteiger partial charge in [-0.1, -0.05) is 58.7 Å². The number of hydrogen-bond donors (Lipinski definition) is 0. The summed E-state index contributed by atoms with van der Waals surface area (Å²) in [5.74, 6) is 0.915. The van der Waals surface area contributed by atoms with Gasteiger partial charge >= 0.3 is 0 Å². The third-order valence-corrected chi connectivity index (χ3v) is 4.10. The third-order valence-electron chi connectivity index (χ3n) is 2.79. The first kappa shape index (κ1) is 14.4. The van der Waals surface area contributed by atoms with Gasteiger partial charge in [0.2, 0.25) is 0 Å². The maximum absolute atomic E-state index is 5.91. The number of alkyl halides is 1. The molecule has 0 aliphatic heterocycles. The van der Waals surface area contributed by atoms with E-state index in [1.807, 2.05) is 36.4 Å². The molecule has 2 aromatic rings. The zero-order valence-corrected chi connectivity index (χ0v) is 13.1. The Bertz CT molecular complexity index is 525. The van der Waals surface area contributed by atoms with E-state index in [1.54, 1.807) is 0 Å². The monoisotopic (exact) mass is 338 g/mol. The molecule has 0 aromatic heterocycles. The van der Waals surface area contributed by atoms with E-state index >= 15 is 0 Å². The molecule has 100 valence electrons. The normalized spacial score (nSPS) is 12.2. The van der Waals surface area contributed by atoms with Crippen LogP contribution in [-0.4, -0.2) is 6.61 Å². The molecule has 19 heavy (non-hydrogen) atoms. The van der Waals surface area contributed by atoms with Crippen molar-refractivity contribution in [2.24, 2.45) is 0 Å². The number of hydrogen-bond acceptors (Lipinski definition) is 1. The summed E-state index contributed by atoms with van der Waals surface area (Å²) in [7, 11) is 0. The second-order valence-corrected chi connectivity index (χ2v) is 5.69. The quantitative estimate of drug-likeness (QED) is 0.643. The van der Waals surface area contributed by atoms with Crippen molar-refractivity contribution in [1.82, 2.24) is 0 Å². The second kappa shape index (κ2) is 6.97. The van der Waals surface area contributed by atoms with Gasteiger partial charge in [0, 0.05) is 5.02 Å². The van der Waals surface area contributed by atoms with Crippen LogP contribution < -0.4 is 4.74 Å². The largest absolute Gasteiger partial charge is 0.494 e. The third kappa shape index (κ3) is 3.99. The Morgan fingerprint density at radius 2 is 1.84 bits per heavy atom. The van der Waals surface area contributed by atoms with Gasteiger partial charge in [0.05, 0.1) is 11.4 Å². The number of halogens is 2. The fourth-order valence-corrected chi connectivity index (χ4v) is 2.52. The van der Waals surface area contributed by atoms with E-state index in [-0.39, 0.29) is 4.83 Å². The standard InChI is InChI=1S/C16H16BrClO/c1-2-10-19-15-5-3-4-13(11-15)16(17)12-6-8-14(18)9-7-12/h3-9,11,16H,2,10H2,1H3. The van der Waals surface area contributed by atoms with E-state index in [0.717, 1.165) is 23.8 Å². The zero-order chi connectivity index (χ0) is 13.7. The van der Waals surface area contributed by atoms with Crippen LogP contribution >= 0.6 is 27.5 Å². The minimum Gasteiger partial charge on any atom is -0.494 e. The lowest BCUT2D eigenvalue weighted by Crippen LogP contribution is -1.97. The average Bonchev–Trinajstić information content (AvgIpc) is 2.45. The minimum atomic E-state index is 0.148. The minimum absolute atomic E-state index is 0.148. The Morgan fingerprint density at radius 3 is 2.53 bits per heavy atom. The molecule has 0 aliphatic rings. The summed E-state index contributed by atoms with van der Waals surface area (Å²) in [5, 5.41) is 0.753. The highest BCUT2D eigenvalue weighted by Crippen LogP contribution is 2.33. The van der Waals surface area contributed by atoms with Crippen molar-refractivity contribution >= 4 is 27.5 Å². The topological polar surface area (TPSA) is 9.23 Å². The van der Waals surface area contributed by atoms with Crippen molar-refractivity contribution < 1.29 is 4.74 Å². The van der Waals surface area contributed by atoms with Crippen molar-refractivity contribution in [2.45, 2.75) is 18.2 Å². The Balaban J connectivity index is 2.18. The molecule has 0 aliphatic carbocycles. The molecule has 0 fully saturated rings. The highest BCUT2D eigenvalue weighted by Gasteiger charge is 2.10. The molecular weight excluding hydrogens is 324 g/mol. The van der Waals surface area contributed by atoms with Gasteiger partial charge in [-0.3, -0.25) is 0 Å². The molecule has 0 N–H and O–H groups in total. The Morgan fingerprint density at radius 1 is 1.11 bits per heavy atom. The molecule has 1 nitrogen and oxygen atoms in total. The average molecular weight is 340 g/mol. The Labute approximate surface area is 127 Å². The maximum Gasteiger partial charge on any atom is 0.119 e. The lowest BCUT2D eigenvalue weighted by Gasteiger charge is -2.13. The maximum atomic E-state index is 5.91. The molecule has 0 heterocycles. The van der Waals surface area contributed by atoms with Crippen LogP contribution in [0.4, 0.5) is 0 Å². The SMILES string of the molecule is CCCOc1cccc(C(Br)c2ccc(Cl)cc2)c1. The summed E-state index contributed by atoms with van der Waals surface area (Å²) in [6.45, 7) is 2.85. The summed E-state index contributed by atoms with van der Waals surface area (Å²) in [6, 6.07) is 16.0. The first-order chi connectivity index (χ1) is 9.20. The van der Waals surface area contributed by atoms with Gasteiger partial charge in [-0.25, -0.2) is 0 Å². The second-order valence-electron chi connectivity index (χ2n) is 4.34. The highest BCUT2D eigenvalue weighted by molar-refractivity contribution is 9.09. The van der Waals surface area contributed by atoms with Crippen LogP contribution in [0.15, 0.2) is 48.5 Å². The molecule has 0 saturated carbocycles. The first-order valence-corrected chi connectivity index (χ1v) is 7.62. The van der Waals surface area contributed by atoms with Crippen molar-refractivity contribution in [3.63, 3.8) is 0 Å². The molecule has 3 heteroatoms. The Kier molecular flexibility index (Phi) is 5.29. The molecular formula is C16H16BrClO. The molecule has 0 bridgehead atoms. The summed E-state index contributed by atoms with van der Waals surface area (Å²) in [4.78, 5) is 0.148. The zero-order valence-electron chi connectivity index (χ0n) is 10.8. The van der Waals surface area contributed by atoms with Gasteiger partial charge in [0.25, 0.3) is 0 Å². The molecule has 0 spiro atoms. The first-order valence-electron chi connectivity index (χ1n) is 6.33.